The fraction of sp³-hybridized carbons (Fsp3) is 0.296. The number of carbonyl (C=O) groups excluding carboxylic acids is 1. The molecular formula is C27H36BNO5. The molecule has 0 spiro atoms. The zero-order valence-electron chi connectivity index (χ0n) is 21.3. The molecule has 0 bridgehead atoms. The van der Waals surface area contributed by atoms with Crippen molar-refractivity contribution < 1.29 is 23.7 Å². The standard InChI is InChI=1S/C19H20O5.C4H4BN.2C2H6/c1-21-13-18(19(20)23-3)17-10-5-4-7-14(17)12-24-16-9-6-8-15(11-16)22-2;1-2-5-4-6-3-1;2*1-2/h4-11,13H,12H2,1-3H3;1-4H;2*1-2H3. The Bertz CT molecular complexity index is 922. The zero-order valence-corrected chi connectivity index (χ0v) is 21.3. The molecule has 34 heavy (non-hydrogen) atoms. The molecule has 0 fully saturated rings. The minimum absolute atomic E-state index is 0.293. The van der Waals surface area contributed by atoms with E-state index in [1.807, 2.05) is 89.1 Å². The SMILES string of the molecule is CC.CC.COC=C(C(=O)OC)c1ccccc1COc1cccc(OC)c1.b1cccnc1. The number of hydrogen-bond acceptors (Lipinski definition) is 6. The van der Waals surface area contributed by atoms with Gasteiger partial charge in [-0.25, -0.2) is 4.79 Å². The van der Waals surface area contributed by atoms with E-state index < -0.39 is 5.97 Å². The third-order valence-corrected chi connectivity index (χ3v) is 3.95. The third-order valence-electron chi connectivity index (χ3n) is 3.95. The normalized spacial score (nSPS) is 9.32. The number of carbonyl (C=O) groups is 1. The molecule has 3 aromatic rings. The number of nitrogens with zero attached hydrogens (tertiary/aromatic N) is 1. The first kappa shape index (κ1) is 30.4. The van der Waals surface area contributed by atoms with E-state index in [0.29, 0.717) is 23.5 Å². The molecule has 0 aliphatic carbocycles. The van der Waals surface area contributed by atoms with E-state index in [4.69, 9.17) is 18.9 Å². The van der Waals surface area contributed by atoms with Crippen LogP contribution in [-0.4, -0.2) is 39.2 Å². The van der Waals surface area contributed by atoms with Crippen molar-refractivity contribution in [3.8, 4) is 11.5 Å². The maximum atomic E-state index is 12.0. The Morgan fingerprint density at radius 3 is 2.18 bits per heavy atom. The first-order valence-electron chi connectivity index (χ1n) is 11.2. The second kappa shape index (κ2) is 20.0. The number of hydrogen-bond donors (Lipinski definition) is 0. The van der Waals surface area contributed by atoms with Crippen LogP contribution in [0.2, 0.25) is 0 Å². The van der Waals surface area contributed by atoms with Crippen molar-refractivity contribution in [2.45, 2.75) is 34.3 Å². The third kappa shape index (κ3) is 11.3. The van der Waals surface area contributed by atoms with Gasteiger partial charge in [0.05, 0.1) is 27.6 Å². The second-order valence-corrected chi connectivity index (χ2v) is 5.91. The van der Waals surface area contributed by atoms with Crippen LogP contribution in [0.1, 0.15) is 38.8 Å². The summed E-state index contributed by atoms with van der Waals surface area (Å²) in [6.45, 7) is 10.2. The number of methoxy groups -OCH3 is 3. The fourth-order valence-corrected chi connectivity index (χ4v) is 2.52. The van der Waals surface area contributed by atoms with Crippen molar-refractivity contribution in [1.29, 1.82) is 0 Å². The van der Waals surface area contributed by atoms with Crippen LogP contribution >= 0.6 is 0 Å². The van der Waals surface area contributed by atoms with Crippen LogP contribution < -0.4 is 9.47 Å². The second-order valence-electron chi connectivity index (χ2n) is 5.91. The van der Waals surface area contributed by atoms with Crippen molar-refractivity contribution in [2.24, 2.45) is 0 Å². The van der Waals surface area contributed by atoms with Crippen molar-refractivity contribution in [3.05, 3.63) is 90.2 Å². The topological polar surface area (TPSA) is 66.9 Å². The molecule has 0 N–H and O–H groups in total. The average molecular weight is 465 g/mol. The predicted octanol–water partition coefficient (Wildman–Crippen LogP) is 5.91. The summed E-state index contributed by atoms with van der Waals surface area (Å²) in [5, 5.41) is 0. The quantitative estimate of drug-likeness (QED) is 0.246. The van der Waals surface area contributed by atoms with E-state index >= 15 is 0 Å². The van der Waals surface area contributed by atoms with Crippen molar-refractivity contribution in [2.75, 3.05) is 21.3 Å². The number of esters is 1. The van der Waals surface area contributed by atoms with Crippen LogP contribution in [0.3, 0.4) is 0 Å². The molecule has 2 aromatic carbocycles. The van der Waals surface area contributed by atoms with Gasteiger partial charge in [-0.2, -0.15) is 0 Å². The summed E-state index contributed by atoms with van der Waals surface area (Å²) in [6, 6.07) is 16.7. The maximum absolute atomic E-state index is 12.0. The van der Waals surface area contributed by atoms with E-state index in [1.165, 1.54) is 20.5 Å². The summed E-state index contributed by atoms with van der Waals surface area (Å²) in [6.07, 6.45) is 4.87. The van der Waals surface area contributed by atoms with Gasteiger partial charge in [0.15, 0.2) is 0 Å². The monoisotopic (exact) mass is 465 g/mol. The van der Waals surface area contributed by atoms with Gasteiger partial charge in [-0.15, -0.1) is 0 Å². The fourth-order valence-electron chi connectivity index (χ4n) is 2.52. The predicted molar refractivity (Wildman–Crippen MR) is 139 cm³/mol. The summed E-state index contributed by atoms with van der Waals surface area (Å²) >= 11 is 0. The van der Waals surface area contributed by atoms with Crippen LogP contribution in [0.4, 0.5) is 0 Å². The van der Waals surface area contributed by atoms with Crippen molar-refractivity contribution in [1.82, 2.24) is 4.98 Å². The first-order chi connectivity index (χ1) is 16.7. The van der Waals surface area contributed by atoms with Gasteiger partial charge in [0.2, 0.25) is 0 Å². The van der Waals surface area contributed by atoms with Gasteiger partial charge in [-0.3, -0.25) is 0 Å². The Balaban J connectivity index is 0.000000916. The molecular weight excluding hydrogens is 429 g/mol. The summed E-state index contributed by atoms with van der Waals surface area (Å²) in [5.41, 5.74) is 1.88. The Morgan fingerprint density at radius 2 is 1.65 bits per heavy atom. The summed E-state index contributed by atoms with van der Waals surface area (Å²) in [5.74, 6) is 2.87. The molecule has 1 heterocycles. The van der Waals surface area contributed by atoms with E-state index in [-0.39, 0.29) is 0 Å². The molecule has 0 aliphatic rings. The van der Waals surface area contributed by atoms with Crippen molar-refractivity contribution >= 4 is 18.5 Å². The molecule has 0 aliphatic heterocycles. The minimum atomic E-state index is -0.467. The molecule has 0 unspecified atom stereocenters. The molecule has 0 amide bonds. The summed E-state index contributed by atoms with van der Waals surface area (Å²) < 4.78 is 20.8. The number of benzene rings is 2. The molecule has 3 rings (SSSR count). The van der Waals surface area contributed by atoms with E-state index in [1.54, 1.807) is 25.5 Å². The molecule has 6 nitrogen and oxygen atoms in total. The van der Waals surface area contributed by atoms with Gasteiger partial charge in [0.1, 0.15) is 23.7 Å². The molecule has 0 radical (unpaired) electrons. The molecule has 1 aromatic heterocycles. The van der Waals surface area contributed by atoms with Gasteiger partial charge >= 0.3 is 42.2 Å². The molecule has 0 atom stereocenters. The molecule has 0 saturated heterocycles. The molecule has 0 saturated carbocycles. The van der Waals surface area contributed by atoms with Gasteiger partial charge < -0.3 is 18.9 Å². The van der Waals surface area contributed by atoms with E-state index in [9.17, 15) is 4.79 Å². The zero-order chi connectivity index (χ0) is 25.6. The Hall–Kier alpha value is -3.61. The Kier molecular flexibility index (Phi) is 17.9. The van der Waals surface area contributed by atoms with Gasteiger partial charge in [-0.1, -0.05) is 58.0 Å². The first-order valence-corrected chi connectivity index (χ1v) is 11.2. The number of aromatic nitrogens is 1. The van der Waals surface area contributed by atoms with Crippen molar-refractivity contribution in [3.63, 3.8) is 0 Å². The van der Waals surface area contributed by atoms with Gasteiger partial charge in [0.25, 0.3) is 0 Å². The van der Waals surface area contributed by atoms with Gasteiger partial charge in [-0.05, 0) is 23.3 Å². The van der Waals surface area contributed by atoms with Crippen LogP contribution in [0.25, 0.3) is 5.57 Å². The molecule has 182 valence electrons. The van der Waals surface area contributed by atoms with Crippen LogP contribution in [0, 0.1) is 0 Å². The van der Waals surface area contributed by atoms with Gasteiger partial charge in [0, 0.05) is 6.07 Å². The average Bonchev–Trinajstić information content (AvgIpc) is 2.94. The Labute approximate surface area is 204 Å². The Morgan fingerprint density at radius 1 is 0.941 bits per heavy atom. The number of ether oxygens (including phenoxy) is 4. The number of rotatable bonds is 7. The summed E-state index contributed by atoms with van der Waals surface area (Å²) in [7, 11) is 4.42. The van der Waals surface area contributed by atoms with Crippen LogP contribution in [-0.2, 0) is 20.9 Å². The van der Waals surface area contributed by atoms with Crippen LogP contribution in [0.15, 0.2) is 79.1 Å². The van der Waals surface area contributed by atoms with E-state index in [2.05, 4.69) is 4.98 Å². The summed E-state index contributed by atoms with van der Waals surface area (Å²) in [4.78, 5) is 15.8. The van der Waals surface area contributed by atoms with Crippen LogP contribution in [0.5, 0.6) is 11.5 Å². The van der Waals surface area contributed by atoms with E-state index in [0.717, 1.165) is 11.3 Å². The molecule has 7 heteroatoms.